The van der Waals surface area contributed by atoms with Crippen LogP contribution in [0.1, 0.15) is 41.9 Å². The lowest BCUT2D eigenvalue weighted by Gasteiger charge is -2.28. The molecule has 0 saturated carbocycles. The van der Waals surface area contributed by atoms with Crippen molar-refractivity contribution in [2.24, 2.45) is 0 Å². The van der Waals surface area contributed by atoms with Crippen molar-refractivity contribution in [3.05, 3.63) is 229 Å². The van der Waals surface area contributed by atoms with Gasteiger partial charge in [-0.3, -0.25) is 0 Å². The maximum absolute atomic E-state index is 6.20. The molecule has 0 N–H and O–H groups in total. The van der Waals surface area contributed by atoms with Crippen LogP contribution in [0.5, 0.6) is 0 Å². The normalized spacial score (nSPS) is 15.0. The summed E-state index contributed by atoms with van der Waals surface area (Å²) in [6, 6.07) is 63.5. The zero-order valence-electron chi connectivity index (χ0n) is 33.2. The van der Waals surface area contributed by atoms with Crippen molar-refractivity contribution in [3.8, 4) is 22.6 Å². The van der Waals surface area contributed by atoms with Gasteiger partial charge in [-0.15, -0.1) is 0 Å². The molecule has 60 heavy (non-hydrogen) atoms. The van der Waals surface area contributed by atoms with Gasteiger partial charge in [-0.25, -0.2) is 4.98 Å². The highest BCUT2D eigenvalue weighted by atomic mass is 16.3. The molecule has 0 radical (unpaired) electrons. The summed E-state index contributed by atoms with van der Waals surface area (Å²) in [5, 5.41) is 4.78. The first kappa shape index (κ1) is 35.7. The lowest BCUT2D eigenvalue weighted by atomic mass is 9.81. The van der Waals surface area contributed by atoms with Crippen LogP contribution in [0.2, 0.25) is 0 Å². The molecule has 1 unspecified atom stereocenters. The molecule has 1 atom stereocenters. The van der Waals surface area contributed by atoms with Crippen molar-refractivity contribution in [1.82, 2.24) is 4.98 Å². The third-order valence-corrected chi connectivity index (χ3v) is 12.2. The van der Waals surface area contributed by atoms with Crippen LogP contribution in [0.3, 0.4) is 0 Å². The topological polar surface area (TPSA) is 29.3 Å². The van der Waals surface area contributed by atoms with E-state index in [0.29, 0.717) is 5.89 Å². The van der Waals surface area contributed by atoms with Gasteiger partial charge in [0.05, 0.1) is 0 Å². The summed E-state index contributed by atoms with van der Waals surface area (Å²) in [5.41, 5.74) is 15.1. The molecule has 8 aromatic carbocycles. The molecule has 0 saturated heterocycles. The summed E-state index contributed by atoms with van der Waals surface area (Å²) in [5.74, 6) is 0.874. The molecule has 0 fully saturated rings. The van der Waals surface area contributed by atoms with Crippen LogP contribution in [0, 0.1) is 0 Å². The maximum atomic E-state index is 6.20. The van der Waals surface area contributed by atoms with Gasteiger partial charge < -0.3 is 9.32 Å². The molecule has 2 aliphatic rings. The molecule has 11 rings (SSSR count). The first-order valence-corrected chi connectivity index (χ1v) is 20.9. The van der Waals surface area contributed by atoms with Crippen LogP contribution in [-0.4, -0.2) is 4.98 Å². The fourth-order valence-corrected chi connectivity index (χ4v) is 9.19. The highest BCUT2D eigenvalue weighted by molar-refractivity contribution is 6.05. The Morgan fingerprint density at radius 2 is 1.28 bits per heavy atom. The number of anilines is 3. The van der Waals surface area contributed by atoms with Crippen LogP contribution in [0.4, 0.5) is 17.1 Å². The van der Waals surface area contributed by atoms with Gasteiger partial charge in [0.15, 0.2) is 5.58 Å². The molecule has 0 spiro atoms. The Bertz CT molecular complexity index is 3160. The summed E-state index contributed by atoms with van der Waals surface area (Å²) < 4.78 is 6.20. The molecular weight excluding hydrogens is 729 g/mol. The van der Waals surface area contributed by atoms with Gasteiger partial charge in [0, 0.05) is 33.9 Å². The Kier molecular flexibility index (Phi) is 9.13. The molecule has 1 aromatic heterocycles. The molecule has 0 amide bonds. The monoisotopic (exact) mass is 770 g/mol. The Balaban J connectivity index is 0.951. The minimum Gasteiger partial charge on any atom is -0.436 e. The number of oxazole rings is 1. The first-order chi connectivity index (χ1) is 29.7. The molecule has 9 aromatic rings. The predicted molar refractivity (Wildman–Crippen MR) is 252 cm³/mol. The fraction of sp³-hybridized carbons (Fsp3) is 0.0702. The van der Waals surface area contributed by atoms with Gasteiger partial charge in [0.2, 0.25) is 5.89 Å². The largest absolute Gasteiger partial charge is 0.436 e. The quantitative estimate of drug-likeness (QED) is 0.154. The van der Waals surface area contributed by atoms with Gasteiger partial charge in [0.25, 0.3) is 0 Å². The molecule has 0 aliphatic heterocycles. The van der Waals surface area contributed by atoms with E-state index in [4.69, 9.17) is 9.40 Å². The van der Waals surface area contributed by atoms with Crippen LogP contribution >= 0.6 is 0 Å². The second-order valence-electron chi connectivity index (χ2n) is 15.7. The van der Waals surface area contributed by atoms with Crippen molar-refractivity contribution in [2.45, 2.75) is 25.2 Å². The maximum Gasteiger partial charge on any atom is 0.227 e. The van der Waals surface area contributed by atoms with Gasteiger partial charge in [-0.05, 0) is 135 Å². The Morgan fingerprint density at radius 3 is 2.13 bits per heavy atom. The van der Waals surface area contributed by atoms with Crippen molar-refractivity contribution in [3.63, 3.8) is 0 Å². The van der Waals surface area contributed by atoms with Gasteiger partial charge in [-0.1, -0.05) is 152 Å². The Hall–Kier alpha value is -7.49. The van der Waals surface area contributed by atoms with Crippen LogP contribution < -0.4 is 4.90 Å². The minimum absolute atomic E-state index is 0.227. The van der Waals surface area contributed by atoms with E-state index in [1.807, 2.05) is 36.4 Å². The van der Waals surface area contributed by atoms with Gasteiger partial charge in [0.1, 0.15) is 5.52 Å². The first-order valence-electron chi connectivity index (χ1n) is 20.9. The summed E-state index contributed by atoms with van der Waals surface area (Å²) >= 11 is 0. The Labute approximate surface area is 350 Å². The minimum atomic E-state index is 0.227. The predicted octanol–water partition coefficient (Wildman–Crippen LogP) is 15.8. The van der Waals surface area contributed by atoms with E-state index in [0.717, 1.165) is 63.8 Å². The SMILES string of the molecule is C1=CCCC(c2cc(N(c3ccccc3)c3ccc(C4CC=CC=C4c4ccc5c(ccc6oc(-c7ccccc7)nc65)c4)cc3)ccc2-c2cccc3ccccc23)=C1. The average molecular weight is 771 g/mol. The van der Waals surface area contributed by atoms with Crippen molar-refractivity contribution >= 4 is 60.9 Å². The molecule has 3 nitrogen and oxygen atoms in total. The second-order valence-corrected chi connectivity index (χ2v) is 15.7. The summed E-state index contributed by atoms with van der Waals surface area (Å²) in [6.45, 7) is 0. The standard InChI is InChI=1S/C57H42N2O/c1-4-15-40(16-5-1)54-38-47(33-35-53(54)52-26-14-20-39-17-10-11-24-49(39)52)59(45-21-8-3-9-22-45)46-31-27-41(28-32-46)48-23-12-13-25-50(48)43-29-34-51-44(37-43)30-36-55-56(51)58-57(60-55)42-18-6-2-7-19-42/h1-4,6-15,17-22,24-38,48H,5,16,23H2. The number of fused-ring (bicyclic) bond motifs is 4. The van der Waals surface area contributed by atoms with Crippen molar-refractivity contribution in [1.29, 1.82) is 0 Å². The third-order valence-electron chi connectivity index (χ3n) is 12.2. The number of rotatable bonds is 8. The molecule has 0 bridgehead atoms. The molecule has 2 aliphatic carbocycles. The van der Waals surface area contributed by atoms with E-state index in [2.05, 4.69) is 181 Å². The van der Waals surface area contributed by atoms with E-state index in [9.17, 15) is 0 Å². The van der Waals surface area contributed by atoms with Gasteiger partial charge >= 0.3 is 0 Å². The van der Waals surface area contributed by atoms with E-state index in [1.54, 1.807) is 0 Å². The molecule has 286 valence electrons. The fourth-order valence-electron chi connectivity index (χ4n) is 9.19. The number of benzene rings is 8. The van der Waals surface area contributed by atoms with E-state index < -0.39 is 0 Å². The van der Waals surface area contributed by atoms with Crippen LogP contribution in [0.25, 0.3) is 66.4 Å². The molecule has 3 heteroatoms. The number of hydrogen-bond acceptors (Lipinski definition) is 3. The number of aromatic nitrogens is 1. The molecular formula is C57H42N2O. The number of hydrogen-bond donors (Lipinski definition) is 0. The van der Waals surface area contributed by atoms with E-state index in [-0.39, 0.29) is 5.92 Å². The number of para-hydroxylation sites is 1. The number of allylic oxidation sites excluding steroid dienone is 8. The van der Waals surface area contributed by atoms with Crippen LogP contribution in [0.15, 0.2) is 217 Å². The highest BCUT2D eigenvalue weighted by Crippen LogP contribution is 2.44. The zero-order chi connectivity index (χ0) is 39.8. The lowest BCUT2D eigenvalue weighted by Crippen LogP contribution is -2.11. The Morgan fingerprint density at radius 1 is 0.517 bits per heavy atom. The smallest absolute Gasteiger partial charge is 0.227 e. The van der Waals surface area contributed by atoms with E-state index in [1.165, 1.54) is 49.7 Å². The second kappa shape index (κ2) is 15.4. The highest BCUT2D eigenvalue weighted by Gasteiger charge is 2.23. The number of nitrogens with zero attached hydrogens (tertiary/aromatic N) is 2. The van der Waals surface area contributed by atoms with Crippen molar-refractivity contribution < 1.29 is 4.42 Å². The zero-order valence-corrected chi connectivity index (χ0v) is 33.2. The third kappa shape index (κ3) is 6.55. The average Bonchev–Trinajstić information content (AvgIpc) is 3.78. The van der Waals surface area contributed by atoms with Gasteiger partial charge in [-0.2, -0.15) is 0 Å². The lowest BCUT2D eigenvalue weighted by molar-refractivity contribution is 0.620. The molecule has 1 heterocycles. The summed E-state index contributed by atoms with van der Waals surface area (Å²) in [7, 11) is 0. The summed E-state index contributed by atoms with van der Waals surface area (Å²) in [6.07, 6.45) is 16.6. The van der Waals surface area contributed by atoms with Crippen molar-refractivity contribution in [2.75, 3.05) is 4.90 Å². The van der Waals surface area contributed by atoms with E-state index >= 15 is 0 Å². The summed E-state index contributed by atoms with van der Waals surface area (Å²) in [4.78, 5) is 7.33. The van der Waals surface area contributed by atoms with Crippen LogP contribution in [-0.2, 0) is 0 Å².